The van der Waals surface area contributed by atoms with Gasteiger partial charge < -0.3 is 9.13 Å². The topological polar surface area (TPSA) is 9.86 Å². The van der Waals surface area contributed by atoms with Crippen molar-refractivity contribution in [3.63, 3.8) is 0 Å². The number of hydrogen-bond acceptors (Lipinski definition) is 0. The van der Waals surface area contributed by atoms with E-state index in [9.17, 15) is 0 Å². The zero-order valence-corrected chi connectivity index (χ0v) is 24.8. The summed E-state index contributed by atoms with van der Waals surface area (Å²) in [6, 6.07) is 33.6. The van der Waals surface area contributed by atoms with E-state index in [1.54, 1.807) is 0 Å². The average molecular weight is 567 g/mol. The van der Waals surface area contributed by atoms with Gasteiger partial charge >= 0.3 is 0 Å². The van der Waals surface area contributed by atoms with Gasteiger partial charge in [-0.15, -0.1) is 0 Å². The van der Waals surface area contributed by atoms with Crippen LogP contribution in [0.25, 0.3) is 60.6 Å². The first-order chi connectivity index (χ1) is 21.8. The van der Waals surface area contributed by atoms with Crippen LogP contribution >= 0.6 is 0 Å². The maximum Gasteiger partial charge on any atom is 0.0638 e. The Bertz CT molecular complexity index is 2290. The summed E-state index contributed by atoms with van der Waals surface area (Å²) in [6.07, 6.45) is 24.1. The van der Waals surface area contributed by atoms with Crippen LogP contribution in [0.2, 0.25) is 0 Å². The average Bonchev–Trinajstić information content (AvgIpc) is 3.62. The highest BCUT2D eigenvalue weighted by Gasteiger charge is 2.23. The third kappa shape index (κ3) is 3.94. The van der Waals surface area contributed by atoms with Crippen LogP contribution in [0.5, 0.6) is 0 Å². The molecule has 0 amide bonds. The van der Waals surface area contributed by atoms with Gasteiger partial charge in [0.05, 0.1) is 22.1 Å². The van der Waals surface area contributed by atoms with Crippen LogP contribution in [-0.2, 0) is 0 Å². The maximum atomic E-state index is 2.60. The van der Waals surface area contributed by atoms with Gasteiger partial charge in [-0.1, -0.05) is 109 Å². The maximum absolute atomic E-state index is 2.60. The molecule has 212 valence electrons. The molecule has 0 bridgehead atoms. The number of nitrogens with zero attached hydrogens (tertiary/aromatic N) is 2. The van der Waals surface area contributed by atoms with Gasteiger partial charge in [-0.2, -0.15) is 0 Å². The van der Waals surface area contributed by atoms with Crippen molar-refractivity contribution in [1.82, 2.24) is 9.13 Å². The van der Waals surface area contributed by atoms with Gasteiger partial charge in [-0.3, -0.25) is 0 Å². The summed E-state index contributed by atoms with van der Waals surface area (Å²) in [4.78, 5) is 0. The van der Waals surface area contributed by atoms with E-state index in [0.29, 0.717) is 5.92 Å². The van der Waals surface area contributed by atoms with Crippen LogP contribution in [0.3, 0.4) is 0 Å². The van der Waals surface area contributed by atoms with Gasteiger partial charge in [-0.25, -0.2) is 0 Å². The Labute approximate surface area is 257 Å². The van der Waals surface area contributed by atoms with Crippen LogP contribution < -0.4 is 0 Å². The molecule has 2 aromatic heterocycles. The van der Waals surface area contributed by atoms with Gasteiger partial charge in [-0.05, 0) is 79.2 Å². The molecule has 2 heterocycles. The molecule has 2 heteroatoms. The lowest BCUT2D eigenvalue weighted by molar-refractivity contribution is 0.769. The molecule has 0 saturated carbocycles. The molecule has 6 aromatic rings. The van der Waals surface area contributed by atoms with E-state index in [1.165, 1.54) is 71.7 Å². The molecule has 1 atom stereocenters. The molecule has 44 heavy (non-hydrogen) atoms. The first-order valence-corrected chi connectivity index (χ1v) is 16.0. The van der Waals surface area contributed by atoms with Crippen molar-refractivity contribution in [2.24, 2.45) is 5.92 Å². The first kappa shape index (κ1) is 25.4. The highest BCUT2D eigenvalue weighted by molar-refractivity contribution is 6.27. The Hall–Kier alpha value is -5.08. The normalized spacial score (nSPS) is 18.6. The van der Waals surface area contributed by atoms with Crippen molar-refractivity contribution < 1.29 is 0 Å². The molecule has 1 unspecified atom stereocenters. The summed E-state index contributed by atoms with van der Waals surface area (Å²) in [7, 11) is 0. The second kappa shape index (κ2) is 10.3. The van der Waals surface area contributed by atoms with Crippen LogP contribution in [0.15, 0.2) is 145 Å². The minimum Gasteiger partial charge on any atom is -0.312 e. The van der Waals surface area contributed by atoms with Crippen LogP contribution in [-0.4, -0.2) is 9.13 Å². The Morgan fingerprint density at radius 1 is 0.591 bits per heavy atom. The minimum atomic E-state index is 0.453. The van der Waals surface area contributed by atoms with Crippen LogP contribution in [0, 0.1) is 5.92 Å². The van der Waals surface area contributed by atoms with Crippen molar-refractivity contribution >= 4 is 60.6 Å². The largest absolute Gasteiger partial charge is 0.312 e. The van der Waals surface area contributed by atoms with E-state index < -0.39 is 0 Å². The summed E-state index contributed by atoms with van der Waals surface area (Å²) in [5.41, 5.74) is 12.0. The zero-order valence-electron chi connectivity index (χ0n) is 24.8. The molecule has 0 fully saturated rings. The van der Waals surface area contributed by atoms with Crippen molar-refractivity contribution in [3.8, 4) is 0 Å². The van der Waals surface area contributed by atoms with Crippen molar-refractivity contribution in [2.75, 3.05) is 0 Å². The summed E-state index contributed by atoms with van der Waals surface area (Å²) >= 11 is 0. The highest BCUT2D eigenvalue weighted by Crippen LogP contribution is 2.44. The molecule has 4 aromatic carbocycles. The summed E-state index contributed by atoms with van der Waals surface area (Å²) in [5.74, 6) is 0.453. The number of aromatic nitrogens is 2. The number of allylic oxidation sites excluding steroid dienone is 12. The number of para-hydroxylation sites is 2. The molecule has 0 N–H and O–H groups in total. The van der Waals surface area contributed by atoms with Gasteiger partial charge in [0, 0.05) is 38.9 Å². The van der Waals surface area contributed by atoms with Crippen LogP contribution in [0.4, 0.5) is 0 Å². The van der Waals surface area contributed by atoms with E-state index in [4.69, 9.17) is 0 Å². The molecule has 0 aliphatic heterocycles. The lowest BCUT2D eigenvalue weighted by atomic mass is 9.88. The Balaban J connectivity index is 1.33. The van der Waals surface area contributed by atoms with Gasteiger partial charge in [0.25, 0.3) is 0 Å². The van der Waals surface area contributed by atoms with E-state index >= 15 is 0 Å². The molecule has 3 aliphatic rings. The SMILES string of the molecule is C1=CCC(C2=CCCC(n3c4ccccc4c4ccc5c(c6ccccc6n5C5=CCCC(c6ccccc6)=C5)c43)=C2)C=C1. The number of rotatable bonds is 4. The van der Waals surface area contributed by atoms with E-state index in [-0.39, 0.29) is 0 Å². The Morgan fingerprint density at radius 3 is 2.20 bits per heavy atom. The van der Waals surface area contributed by atoms with Crippen molar-refractivity contribution in [1.29, 1.82) is 0 Å². The fourth-order valence-corrected chi connectivity index (χ4v) is 7.78. The van der Waals surface area contributed by atoms with Crippen LogP contribution in [0.1, 0.15) is 37.7 Å². The third-order valence-electron chi connectivity index (χ3n) is 9.77. The number of hydrogen-bond donors (Lipinski definition) is 0. The molecule has 9 rings (SSSR count). The summed E-state index contributed by atoms with van der Waals surface area (Å²) in [5, 5.41) is 5.30. The molecule has 0 saturated heterocycles. The standard InChI is InChI=1S/C42H34N2/c1-3-13-29(14-4-1)31-17-11-19-33(27-31)43-39-24-10-8-22-37(39)41-40(43)26-25-36-35-21-7-9-23-38(35)44(42(36)41)34-20-12-18-32(28-34)30-15-5-2-6-16-30/h1-10,13-15,18-19,21-28,30H,11-12,16-17,20H2. The monoisotopic (exact) mass is 566 g/mol. The van der Waals surface area contributed by atoms with Crippen molar-refractivity contribution in [2.45, 2.75) is 32.1 Å². The van der Waals surface area contributed by atoms with Crippen molar-refractivity contribution in [3.05, 3.63) is 151 Å². The Morgan fingerprint density at radius 2 is 1.36 bits per heavy atom. The fourth-order valence-electron chi connectivity index (χ4n) is 7.78. The second-order valence-corrected chi connectivity index (χ2v) is 12.3. The molecular weight excluding hydrogens is 532 g/mol. The summed E-state index contributed by atoms with van der Waals surface area (Å²) < 4.78 is 5.10. The van der Waals surface area contributed by atoms with E-state index in [2.05, 4.69) is 149 Å². The third-order valence-corrected chi connectivity index (χ3v) is 9.77. The first-order valence-electron chi connectivity index (χ1n) is 16.0. The number of fused-ring (bicyclic) bond motifs is 7. The predicted octanol–water partition coefficient (Wildman–Crippen LogP) is 11.3. The lowest BCUT2D eigenvalue weighted by Gasteiger charge is -2.22. The number of benzene rings is 4. The fraction of sp³-hybridized carbons (Fsp3) is 0.143. The smallest absolute Gasteiger partial charge is 0.0638 e. The predicted molar refractivity (Wildman–Crippen MR) is 188 cm³/mol. The molecule has 0 spiro atoms. The van der Waals surface area contributed by atoms with Gasteiger partial charge in [0.1, 0.15) is 0 Å². The minimum absolute atomic E-state index is 0.453. The lowest BCUT2D eigenvalue weighted by Crippen LogP contribution is -2.07. The molecule has 3 aliphatic carbocycles. The molecular formula is C42H34N2. The zero-order chi connectivity index (χ0) is 29.0. The second-order valence-electron chi connectivity index (χ2n) is 12.3. The highest BCUT2D eigenvalue weighted by atomic mass is 15.0. The summed E-state index contributed by atoms with van der Waals surface area (Å²) in [6.45, 7) is 0. The molecule has 2 nitrogen and oxygen atoms in total. The van der Waals surface area contributed by atoms with E-state index in [1.807, 2.05) is 0 Å². The Kier molecular flexibility index (Phi) is 5.94. The molecule has 0 radical (unpaired) electrons. The van der Waals surface area contributed by atoms with Gasteiger partial charge in [0.15, 0.2) is 0 Å². The van der Waals surface area contributed by atoms with Gasteiger partial charge in [0.2, 0.25) is 0 Å². The van der Waals surface area contributed by atoms with E-state index in [0.717, 1.165) is 32.1 Å². The quantitative estimate of drug-likeness (QED) is 0.201.